The van der Waals surface area contributed by atoms with E-state index in [0.717, 1.165) is 0 Å². The van der Waals surface area contributed by atoms with Crippen LogP contribution < -0.4 is 10.1 Å². The first-order valence-electron chi connectivity index (χ1n) is 5.72. The lowest BCUT2D eigenvalue weighted by molar-refractivity contribution is 0.410. The van der Waals surface area contributed by atoms with Gasteiger partial charge in [0.25, 0.3) is 0 Å². The van der Waals surface area contributed by atoms with Crippen LogP contribution in [0.25, 0.3) is 0 Å². The molecular weight excluding hydrogens is 291 g/mol. The van der Waals surface area contributed by atoms with Crippen molar-refractivity contribution in [2.45, 2.75) is 6.54 Å². The number of rotatable bonds is 4. The number of nitrogens with one attached hydrogen (secondary N) is 1. The molecule has 2 aromatic rings. The van der Waals surface area contributed by atoms with Crippen LogP contribution in [0.3, 0.4) is 0 Å². The van der Waals surface area contributed by atoms with E-state index in [1.54, 1.807) is 18.2 Å². The molecule has 0 amide bonds. The third kappa shape index (κ3) is 3.17. The SMILES string of the molecule is COc1ccc(Cl)cc1CNc1c(F)cc(F)cc1F. The summed E-state index contributed by atoms with van der Waals surface area (Å²) in [6.45, 7) is 0.0865. The van der Waals surface area contributed by atoms with Gasteiger partial charge in [-0.15, -0.1) is 0 Å². The van der Waals surface area contributed by atoms with E-state index < -0.39 is 23.1 Å². The smallest absolute Gasteiger partial charge is 0.152 e. The van der Waals surface area contributed by atoms with Crippen molar-refractivity contribution in [2.24, 2.45) is 0 Å². The van der Waals surface area contributed by atoms with Gasteiger partial charge in [-0.2, -0.15) is 0 Å². The van der Waals surface area contributed by atoms with E-state index in [4.69, 9.17) is 16.3 Å². The molecule has 0 spiro atoms. The van der Waals surface area contributed by atoms with E-state index in [-0.39, 0.29) is 6.54 Å². The fourth-order valence-electron chi connectivity index (χ4n) is 1.78. The average molecular weight is 302 g/mol. The molecule has 106 valence electrons. The van der Waals surface area contributed by atoms with Crippen molar-refractivity contribution in [1.29, 1.82) is 0 Å². The quantitative estimate of drug-likeness (QED) is 0.905. The predicted octanol–water partition coefficient (Wildman–Crippen LogP) is 4.38. The number of benzene rings is 2. The molecule has 0 fully saturated rings. The molecular formula is C14H11ClF3NO. The second-order valence-corrected chi connectivity index (χ2v) is 4.49. The highest BCUT2D eigenvalue weighted by Crippen LogP contribution is 2.25. The summed E-state index contributed by atoms with van der Waals surface area (Å²) in [5, 5.41) is 3.05. The molecule has 2 rings (SSSR count). The van der Waals surface area contributed by atoms with Gasteiger partial charge in [-0.1, -0.05) is 11.6 Å². The van der Waals surface area contributed by atoms with Crippen molar-refractivity contribution in [3.63, 3.8) is 0 Å². The van der Waals surface area contributed by atoms with E-state index in [1.807, 2.05) is 0 Å². The number of anilines is 1. The summed E-state index contributed by atoms with van der Waals surface area (Å²) in [7, 11) is 1.48. The van der Waals surface area contributed by atoms with Gasteiger partial charge >= 0.3 is 0 Å². The Labute approximate surface area is 119 Å². The number of hydrogen-bond donors (Lipinski definition) is 1. The second-order valence-electron chi connectivity index (χ2n) is 4.05. The van der Waals surface area contributed by atoms with Crippen molar-refractivity contribution in [2.75, 3.05) is 12.4 Å². The van der Waals surface area contributed by atoms with Gasteiger partial charge in [-0.25, -0.2) is 13.2 Å². The summed E-state index contributed by atoms with van der Waals surface area (Å²) in [4.78, 5) is 0. The van der Waals surface area contributed by atoms with Crippen molar-refractivity contribution in [1.82, 2.24) is 0 Å². The third-order valence-electron chi connectivity index (χ3n) is 2.70. The molecule has 0 saturated carbocycles. The zero-order chi connectivity index (χ0) is 14.7. The highest BCUT2D eigenvalue weighted by Gasteiger charge is 2.12. The number of hydrogen-bond acceptors (Lipinski definition) is 2. The zero-order valence-electron chi connectivity index (χ0n) is 10.5. The maximum atomic E-state index is 13.5. The minimum absolute atomic E-state index is 0.0865. The Morgan fingerprint density at radius 3 is 2.35 bits per heavy atom. The van der Waals surface area contributed by atoms with Crippen molar-refractivity contribution in [3.8, 4) is 5.75 Å². The maximum Gasteiger partial charge on any atom is 0.152 e. The number of halogens is 4. The Hall–Kier alpha value is -1.88. The summed E-state index contributed by atoms with van der Waals surface area (Å²) in [5.74, 6) is -2.43. The Bertz CT molecular complexity index is 611. The minimum Gasteiger partial charge on any atom is -0.496 e. The first-order valence-corrected chi connectivity index (χ1v) is 6.10. The van der Waals surface area contributed by atoms with Crippen LogP contribution in [-0.2, 0) is 6.54 Å². The largest absolute Gasteiger partial charge is 0.496 e. The average Bonchev–Trinajstić information content (AvgIpc) is 2.37. The summed E-state index contributed by atoms with van der Waals surface area (Å²) in [5.41, 5.74) is 0.233. The molecule has 0 saturated heterocycles. The normalized spacial score (nSPS) is 10.4. The summed E-state index contributed by atoms with van der Waals surface area (Å²) < 4.78 is 44.9. The van der Waals surface area contributed by atoms with E-state index >= 15 is 0 Å². The van der Waals surface area contributed by atoms with Crippen molar-refractivity contribution >= 4 is 17.3 Å². The topological polar surface area (TPSA) is 21.3 Å². The molecule has 1 N–H and O–H groups in total. The van der Waals surface area contributed by atoms with Crippen LogP contribution in [0.1, 0.15) is 5.56 Å². The number of methoxy groups -OCH3 is 1. The molecule has 0 bridgehead atoms. The second kappa shape index (κ2) is 6.05. The van der Waals surface area contributed by atoms with Crippen LogP contribution in [0, 0.1) is 17.5 Å². The fraction of sp³-hybridized carbons (Fsp3) is 0.143. The summed E-state index contributed by atoms with van der Waals surface area (Å²) in [6, 6.07) is 6.13. The molecule has 0 radical (unpaired) electrons. The summed E-state index contributed by atoms with van der Waals surface area (Å²) >= 11 is 5.86. The van der Waals surface area contributed by atoms with Crippen LogP contribution in [0.4, 0.5) is 18.9 Å². The highest BCUT2D eigenvalue weighted by molar-refractivity contribution is 6.30. The van der Waals surface area contributed by atoms with Crippen LogP contribution in [0.15, 0.2) is 30.3 Å². The van der Waals surface area contributed by atoms with Gasteiger partial charge in [0, 0.05) is 29.3 Å². The standard InChI is InChI=1S/C14H11ClF3NO/c1-20-13-3-2-9(15)4-8(13)7-19-14-11(17)5-10(16)6-12(14)18/h2-6,19H,7H2,1H3. The molecule has 2 nitrogen and oxygen atoms in total. The molecule has 20 heavy (non-hydrogen) atoms. The van der Waals surface area contributed by atoms with Gasteiger partial charge in [-0.3, -0.25) is 0 Å². The maximum absolute atomic E-state index is 13.5. The zero-order valence-corrected chi connectivity index (χ0v) is 11.3. The van der Waals surface area contributed by atoms with Crippen LogP contribution >= 0.6 is 11.6 Å². The lowest BCUT2D eigenvalue weighted by atomic mass is 10.2. The monoisotopic (exact) mass is 301 g/mol. The molecule has 2 aromatic carbocycles. The van der Waals surface area contributed by atoms with Crippen molar-refractivity contribution < 1.29 is 17.9 Å². The van der Waals surface area contributed by atoms with E-state index in [2.05, 4.69) is 5.32 Å². The lowest BCUT2D eigenvalue weighted by Crippen LogP contribution is -2.06. The molecule has 0 aliphatic heterocycles. The first kappa shape index (κ1) is 14.5. The molecule has 0 unspecified atom stereocenters. The Morgan fingerprint density at radius 1 is 1.10 bits per heavy atom. The summed E-state index contributed by atoms with van der Waals surface area (Å²) in [6.07, 6.45) is 0. The van der Waals surface area contributed by atoms with Gasteiger partial charge in [0.1, 0.15) is 17.3 Å². The minimum atomic E-state index is -0.997. The molecule has 0 aromatic heterocycles. The first-order chi connectivity index (χ1) is 9.51. The van der Waals surface area contributed by atoms with Gasteiger partial charge < -0.3 is 10.1 Å². The van der Waals surface area contributed by atoms with E-state index in [0.29, 0.717) is 28.5 Å². The Morgan fingerprint density at radius 2 is 1.75 bits per heavy atom. The van der Waals surface area contributed by atoms with Gasteiger partial charge in [0.05, 0.1) is 7.11 Å². The molecule has 0 heterocycles. The van der Waals surface area contributed by atoms with Crippen LogP contribution in [-0.4, -0.2) is 7.11 Å². The fourth-order valence-corrected chi connectivity index (χ4v) is 1.97. The highest BCUT2D eigenvalue weighted by atomic mass is 35.5. The van der Waals surface area contributed by atoms with Crippen LogP contribution in [0.5, 0.6) is 5.75 Å². The van der Waals surface area contributed by atoms with Gasteiger partial charge in [0.2, 0.25) is 0 Å². The van der Waals surface area contributed by atoms with E-state index in [9.17, 15) is 13.2 Å². The third-order valence-corrected chi connectivity index (χ3v) is 2.94. The van der Waals surface area contributed by atoms with Crippen LogP contribution in [0.2, 0.25) is 5.02 Å². The van der Waals surface area contributed by atoms with Gasteiger partial charge in [0.15, 0.2) is 11.6 Å². The Kier molecular flexibility index (Phi) is 4.39. The Balaban J connectivity index is 2.23. The van der Waals surface area contributed by atoms with E-state index in [1.165, 1.54) is 7.11 Å². The lowest BCUT2D eigenvalue weighted by Gasteiger charge is -2.12. The van der Waals surface area contributed by atoms with Crippen molar-refractivity contribution in [3.05, 3.63) is 58.4 Å². The molecule has 0 aliphatic carbocycles. The molecule has 0 atom stereocenters. The number of ether oxygens (including phenoxy) is 1. The molecule has 6 heteroatoms. The molecule has 0 aliphatic rings. The predicted molar refractivity (Wildman–Crippen MR) is 71.6 cm³/mol. The van der Waals surface area contributed by atoms with Gasteiger partial charge in [-0.05, 0) is 18.2 Å².